The van der Waals surface area contributed by atoms with Gasteiger partial charge in [-0.1, -0.05) is 6.92 Å². The number of aliphatic carboxylic acids is 1. The molecule has 6 nitrogen and oxygen atoms in total. The summed E-state index contributed by atoms with van der Waals surface area (Å²) in [5.41, 5.74) is 1.00. The van der Waals surface area contributed by atoms with E-state index in [2.05, 4.69) is 15.4 Å². The largest absolute Gasteiger partial charge is 0.481 e. The molecule has 2 aromatic heterocycles. The van der Waals surface area contributed by atoms with Crippen LogP contribution in [0.25, 0.3) is 5.65 Å². The van der Waals surface area contributed by atoms with Crippen LogP contribution in [0.1, 0.15) is 25.8 Å². The van der Waals surface area contributed by atoms with Gasteiger partial charge in [-0.15, -0.1) is 0 Å². The van der Waals surface area contributed by atoms with E-state index in [4.69, 9.17) is 0 Å². The second-order valence-corrected chi connectivity index (χ2v) is 5.02. The number of carboxylic acids is 1. The fraction of sp³-hybridized carbons (Fsp3) is 0.462. The molecule has 0 aliphatic heterocycles. The second-order valence-electron chi connectivity index (χ2n) is 5.02. The first kappa shape index (κ1) is 13.3. The van der Waals surface area contributed by atoms with Crippen LogP contribution in [0.15, 0.2) is 18.5 Å². The van der Waals surface area contributed by atoms with Crippen molar-refractivity contribution in [3.8, 4) is 0 Å². The highest BCUT2D eigenvalue weighted by molar-refractivity contribution is 5.75. The second kappa shape index (κ2) is 4.87. The summed E-state index contributed by atoms with van der Waals surface area (Å²) in [7, 11) is 0. The van der Waals surface area contributed by atoms with Crippen molar-refractivity contribution in [2.45, 2.75) is 27.2 Å². The van der Waals surface area contributed by atoms with Crippen LogP contribution < -0.4 is 5.32 Å². The molecule has 1 unspecified atom stereocenters. The highest BCUT2D eigenvalue weighted by Crippen LogP contribution is 2.23. The predicted octanol–water partition coefficient (Wildman–Crippen LogP) is 1.95. The summed E-state index contributed by atoms with van der Waals surface area (Å²) in [6.07, 6.45) is 2.04. The molecule has 0 aliphatic rings. The van der Waals surface area contributed by atoms with E-state index in [1.54, 1.807) is 11.4 Å². The number of nitrogens with one attached hydrogen (secondary N) is 1. The Kier molecular flexibility index (Phi) is 3.42. The van der Waals surface area contributed by atoms with Crippen molar-refractivity contribution in [1.82, 2.24) is 14.6 Å². The van der Waals surface area contributed by atoms with Crippen LogP contribution in [-0.4, -0.2) is 32.2 Å². The summed E-state index contributed by atoms with van der Waals surface area (Å²) < 4.78 is 1.67. The van der Waals surface area contributed by atoms with Crippen LogP contribution in [0.4, 0.5) is 5.82 Å². The quantitative estimate of drug-likeness (QED) is 0.861. The highest BCUT2D eigenvalue weighted by Gasteiger charge is 2.31. The molecule has 0 bridgehead atoms. The predicted molar refractivity (Wildman–Crippen MR) is 72.2 cm³/mol. The number of carbonyl (C=O) groups is 1. The monoisotopic (exact) mass is 262 g/mol. The average molecular weight is 262 g/mol. The third-order valence-corrected chi connectivity index (χ3v) is 3.48. The van der Waals surface area contributed by atoms with Gasteiger partial charge in [0.2, 0.25) is 0 Å². The van der Waals surface area contributed by atoms with Crippen LogP contribution in [-0.2, 0) is 4.79 Å². The van der Waals surface area contributed by atoms with Crippen LogP contribution in [0, 0.1) is 12.3 Å². The Labute approximate surface area is 111 Å². The number of carboxylic acid groups (broad SMARTS) is 1. The number of pyridine rings is 1. The van der Waals surface area contributed by atoms with Gasteiger partial charge < -0.3 is 10.4 Å². The van der Waals surface area contributed by atoms with E-state index in [0.717, 1.165) is 17.0 Å². The Morgan fingerprint density at radius 2 is 2.26 bits per heavy atom. The van der Waals surface area contributed by atoms with Gasteiger partial charge in [-0.2, -0.15) is 9.61 Å². The average Bonchev–Trinajstić information content (AvgIpc) is 2.83. The van der Waals surface area contributed by atoms with Crippen LogP contribution in [0.3, 0.4) is 0 Å². The Morgan fingerprint density at radius 1 is 1.53 bits per heavy atom. The summed E-state index contributed by atoms with van der Waals surface area (Å²) in [4.78, 5) is 15.4. The van der Waals surface area contributed by atoms with E-state index in [1.165, 1.54) is 6.33 Å². The Hall–Kier alpha value is -2.11. The van der Waals surface area contributed by atoms with Gasteiger partial charge >= 0.3 is 5.97 Å². The first-order valence-electron chi connectivity index (χ1n) is 6.24. The molecule has 2 heterocycles. The van der Waals surface area contributed by atoms with E-state index in [9.17, 15) is 9.90 Å². The first-order valence-corrected chi connectivity index (χ1v) is 6.24. The first-order chi connectivity index (χ1) is 8.96. The van der Waals surface area contributed by atoms with Gasteiger partial charge in [0.25, 0.3) is 0 Å². The summed E-state index contributed by atoms with van der Waals surface area (Å²) in [6.45, 7) is 5.92. The number of aromatic nitrogens is 3. The third-order valence-electron chi connectivity index (χ3n) is 3.48. The Morgan fingerprint density at radius 3 is 2.89 bits per heavy atom. The topological polar surface area (TPSA) is 79.5 Å². The maximum atomic E-state index is 11.3. The lowest BCUT2D eigenvalue weighted by Crippen LogP contribution is -2.34. The fourth-order valence-electron chi connectivity index (χ4n) is 1.82. The molecule has 0 amide bonds. The van der Waals surface area contributed by atoms with Crippen molar-refractivity contribution in [3.05, 3.63) is 24.0 Å². The van der Waals surface area contributed by atoms with Crippen molar-refractivity contribution in [3.63, 3.8) is 0 Å². The standard InChI is InChI=1S/C13H18N4O2/c1-4-13(3,12(18)19)7-14-10-5-9(2)6-11-15-8-16-17(10)11/h5-6,8,14H,4,7H2,1-3H3,(H,18,19). The molecule has 6 heteroatoms. The van der Waals surface area contributed by atoms with E-state index in [0.29, 0.717) is 13.0 Å². The van der Waals surface area contributed by atoms with E-state index in [-0.39, 0.29) is 0 Å². The minimum absolute atomic E-state index is 0.344. The zero-order valence-corrected chi connectivity index (χ0v) is 11.3. The van der Waals surface area contributed by atoms with Crippen molar-refractivity contribution < 1.29 is 9.90 Å². The highest BCUT2D eigenvalue weighted by atomic mass is 16.4. The minimum atomic E-state index is -0.801. The smallest absolute Gasteiger partial charge is 0.311 e. The van der Waals surface area contributed by atoms with Crippen molar-refractivity contribution >= 4 is 17.4 Å². The fourth-order valence-corrected chi connectivity index (χ4v) is 1.82. The third kappa shape index (κ3) is 2.52. The maximum Gasteiger partial charge on any atom is 0.311 e. The van der Waals surface area contributed by atoms with Crippen molar-refractivity contribution in [2.75, 3.05) is 11.9 Å². The van der Waals surface area contributed by atoms with Crippen LogP contribution in [0.2, 0.25) is 0 Å². The molecule has 0 fully saturated rings. The van der Waals surface area contributed by atoms with Gasteiger partial charge in [0.05, 0.1) is 5.41 Å². The number of hydrogen-bond acceptors (Lipinski definition) is 4. The van der Waals surface area contributed by atoms with Gasteiger partial charge in [-0.25, -0.2) is 4.98 Å². The lowest BCUT2D eigenvalue weighted by molar-refractivity contribution is -0.147. The summed E-state index contributed by atoms with van der Waals surface area (Å²) in [5, 5.41) is 16.6. The minimum Gasteiger partial charge on any atom is -0.481 e. The molecule has 0 saturated carbocycles. The molecular formula is C13H18N4O2. The van der Waals surface area contributed by atoms with Gasteiger partial charge in [-0.05, 0) is 38.0 Å². The molecule has 0 spiro atoms. The maximum absolute atomic E-state index is 11.3. The molecule has 1 atom stereocenters. The van der Waals surface area contributed by atoms with E-state index < -0.39 is 11.4 Å². The molecule has 0 aliphatic carbocycles. The number of aryl methyl sites for hydroxylation is 1. The number of fused-ring (bicyclic) bond motifs is 1. The van der Waals surface area contributed by atoms with Crippen LogP contribution in [0.5, 0.6) is 0 Å². The van der Waals surface area contributed by atoms with E-state index in [1.807, 2.05) is 26.0 Å². The number of hydrogen-bond donors (Lipinski definition) is 2. The number of nitrogens with zero attached hydrogens (tertiary/aromatic N) is 3. The molecule has 0 saturated heterocycles. The Bertz CT molecular complexity index is 608. The zero-order valence-electron chi connectivity index (χ0n) is 11.3. The lowest BCUT2D eigenvalue weighted by Gasteiger charge is -2.24. The SMILES string of the molecule is CCC(C)(CNc1cc(C)cc2ncnn12)C(=O)O. The zero-order chi connectivity index (χ0) is 14.0. The molecule has 19 heavy (non-hydrogen) atoms. The molecule has 0 radical (unpaired) electrons. The van der Waals surface area contributed by atoms with Crippen molar-refractivity contribution in [2.24, 2.45) is 5.41 Å². The molecule has 2 N–H and O–H groups in total. The Balaban J connectivity index is 2.26. The molecular weight excluding hydrogens is 244 g/mol. The number of anilines is 1. The van der Waals surface area contributed by atoms with E-state index >= 15 is 0 Å². The van der Waals surface area contributed by atoms with Gasteiger partial charge in [0, 0.05) is 6.54 Å². The molecule has 102 valence electrons. The number of rotatable bonds is 5. The summed E-state index contributed by atoms with van der Waals surface area (Å²) in [6, 6.07) is 3.86. The summed E-state index contributed by atoms with van der Waals surface area (Å²) in [5.74, 6) is -0.0431. The van der Waals surface area contributed by atoms with Crippen LogP contribution >= 0.6 is 0 Å². The molecule has 2 rings (SSSR count). The van der Waals surface area contributed by atoms with Gasteiger partial charge in [-0.3, -0.25) is 4.79 Å². The lowest BCUT2D eigenvalue weighted by atomic mass is 9.88. The molecule has 0 aromatic carbocycles. The van der Waals surface area contributed by atoms with Crippen molar-refractivity contribution in [1.29, 1.82) is 0 Å². The normalized spacial score (nSPS) is 14.3. The van der Waals surface area contributed by atoms with Gasteiger partial charge in [0.1, 0.15) is 12.1 Å². The van der Waals surface area contributed by atoms with Gasteiger partial charge in [0.15, 0.2) is 5.65 Å². The molecule has 2 aromatic rings. The summed E-state index contributed by atoms with van der Waals surface area (Å²) >= 11 is 0.